The Kier molecular flexibility index (Phi) is 5.49. The molecular formula is C21H24F3N5O2. The van der Waals surface area contributed by atoms with E-state index in [1.807, 2.05) is 26.1 Å². The molecule has 1 aliphatic rings. The van der Waals surface area contributed by atoms with Crippen LogP contribution in [-0.2, 0) is 17.5 Å². The van der Waals surface area contributed by atoms with Crippen molar-refractivity contribution < 1.29 is 22.5 Å². The maximum absolute atomic E-state index is 13.7. The third-order valence-corrected chi connectivity index (χ3v) is 5.68. The van der Waals surface area contributed by atoms with Crippen LogP contribution in [0.5, 0.6) is 0 Å². The van der Waals surface area contributed by atoms with Crippen molar-refractivity contribution in [3.63, 3.8) is 0 Å². The second-order valence-electron chi connectivity index (χ2n) is 8.26. The van der Waals surface area contributed by atoms with Crippen LogP contribution in [0.3, 0.4) is 0 Å². The lowest BCUT2D eigenvalue weighted by Crippen LogP contribution is -2.42. The Hall–Kier alpha value is -2.91. The standard InChI is InChI=1S/C21H24F3N5O2/c1-12(10-29-8-6-13(2)26-29)20(30)28-7-4-5-15(11-28)18-17-16(21(22,23)24)9-14(3)25-19(17)31-27-18/h6,8-9,12,15H,4-5,7,10-11H2,1-3H3/t12-,15-/m0/s1. The molecule has 1 saturated heterocycles. The number of hydrogen-bond acceptors (Lipinski definition) is 5. The molecule has 166 valence electrons. The highest BCUT2D eigenvalue weighted by atomic mass is 19.4. The van der Waals surface area contributed by atoms with E-state index in [-0.39, 0.29) is 40.2 Å². The van der Waals surface area contributed by atoms with Gasteiger partial charge < -0.3 is 9.42 Å². The van der Waals surface area contributed by atoms with Crippen LogP contribution in [0.1, 0.15) is 48.3 Å². The summed E-state index contributed by atoms with van der Waals surface area (Å²) >= 11 is 0. The first-order chi connectivity index (χ1) is 14.6. The van der Waals surface area contributed by atoms with Crippen LogP contribution in [0.2, 0.25) is 0 Å². The van der Waals surface area contributed by atoms with E-state index in [9.17, 15) is 18.0 Å². The van der Waals surface area contributed by atoms with Gasteiger partial charge in [0.2, 0.25) is 5.91 Å². The first-order valence-corrected chi connectivity index (χ1v) is 10.3. The molecule has 4 heterocycles. The molecule has 0 spiro atoms. The van der Waals surface area contributed by atoms with Gasteiger partial charge in [-0.05, 0) is 38.8 Å². The van der Waals surface area contributed by atoms with Gasteiger partial charge in [0.1, 0.15) is 0 Å². The minimum Gasteiger partial charge on any atom is -0.342 e. The second kappa shape index (κ2) is 7.97. The quantitative estimate of drug-likeness (QED) is 0.617. The van der Waals surface area contributed by atoms with Crippen LogP contribution in [0.4, 0.5) is 13.2 Å². The number of alkyl halides is 3. The zero-order valence-corrected chi connectivity index (χ0v) is 17.6. The predicted molar refractivity (Wildman–Crippen MR) is 106 cm³/mol. The van der Waals surface area contributed by atoms with Crippen molar-refractivity contribution in [2.75, 3.05) is 13.1 Å². The van der Waals surface area contributed by atoms with Crippen LogP contribution in [-0.4, -0.2) is 43.8 Å². The van der Waals surface area contributed by atoms with Gasteiger partial charge in [-0.25, -0.2) is 4.98 Å². The normalized spacial score (nSPS) is 18.5. The zero-order valence-electron chi connectivity index (χ0n) is 17.6. The van der Waals surface area contributed by atoms with Gasteiger partial charge >= 0.3 is 6.18 Å². The Balaban J connectivity index is 1.57. The van der Waals surface area contributed by atoms with Gasteiger partial charge in [-0.2, -0.15) is 18.3 Å². The molecular weight excluding hydrogens is 411 g/mol. The monoisotopic (exact) mass is 435 g/mol. The van der Waals surface area contributed by atoms with Crippen LogP contribution < -0.4 is 0 Å². The van der Waals surface area contributed by atoms with Gasteiger partial charge in [0.05, 0.1) is 34.8 Å². The number of carbonyl (C=O) groups excluding carboxylic acids is 1. The number of fused-ring (bicyclic) bond motifs is 1. The number of pyridine rings is 1. The molecule has 0 aliphatic carbocycles. The van der Waals surface area contributed by atoms with Crippen molar-refractivity contribution in [3.8, 4) is 0 Å². The maximum Gasteiger partial charge on any atom is 0.417 e. The average Bonchev–Trinajstić information content (AvgIpc) is 3.31. The number of aryl methyl sites for hydroxylation is 2. The predicted octanol–water partition coefficient (Wildman–Crippen LogP) is 4.10. The van der Waals surface area contributed by atoms with E-state index >= 15 is 0 Å². The number of rotatable bonds is 4. The third-order valence-electron chi connectivity index (χ3n) is 5.68. The van der Waals surface area contributed by atoms with E-state index in [4.69, 9.17) is 4.52 Å². The minimum atomic E-state index is -4.55. The molecule has 0 bridgehead atoms. The fraction of sp³-hybridized carbons (Fsp3) is 0.524. The van der Waals surface area contributed by atoms with Crippen LogP contribution in [0.25, 0.3) is 11.1 Å². The minimum absolute atomic E-state index is 0.0457. The number of aromatic nitrogens is 4. The summed E-state index contributed by atoms with van der Waals surface area (Å²) in [6.07, 6.45) is -1.41. The summed E-state index contributed by atoms with van der Waals surface area (Å²) in [5, 5.41) is 8.17. The van der Waals surface area contributed by atoms with Gasteiger partial charge in [-0.1, -0.05) is 12.1 Å². The SMILES string of the molecule is Cc1cc(C(F)(F)F)c2c([C@H]3CCCN(C(=O)[C@@H](C)Cn4ccc(C)n4)C3)noc2n1. The highest BCUT2D eigenvalue weighted by Gasteiger charge is 2.38. The molecule has 4 rings (SSSR count). The van der Waals surface area contributed by atoms with E-state index in [0.717, 1.165) is 11.8 Å². The first-order valence-electron chi connectivity index (χ1n) is 10.3. The Morgan fingerprint density at radius 1 is 1.32 bits per heavy atom. The lowest BCUT2D eigenvalue weighted by Gasteiger charge is -2.33. The van der Waals surface area contributed by atoms with Crippen LogP contribution in [0, 0.1) is 19.8 Å². The number of hydrogen-bond donors (Lipinski definition) is 0. The van der Waals surface area contributed by atoms with Crippen molar-refractivity contribution in [1.29, 1.82) is 0 Å². The molecule has 1 aliphatic heterocycles. The molecule has 10 heteroatoms. The molecule has 31 heavy (non-hydrogen) atoms. The van der Waals surface area contributed by atoms with Crippen LogP contribution in [0.15, 0.2) is 22.9 Å². The number of piperidine rings is 1. The van der Waals surface area contributed by atoms with Crippen molar-refractivity contribution in [2.24, 2.45) is 5.92 Å². The molecule has 1 amide bonds. The largest absolute Gasteiger partial charge is 0.417 e. The lowest BCUT2D eigenvalue weighted by atomic mass is 9.91. The molecule has 7 nitrogen and oxygen atoms in total. The maximum atomic E-state index is 13.7. The number of likely N-dealkylation sites (tertiary alicyclic amines) is 1. The summed E-state index contributed by atoms with van der Waals surface area (Å²) in [7, 11) is 0. The summed E-state index contributed by atoms with van der Waals surface area (Å²) in [5.41, 5.74) is 0.401. The number of carbonyl (C=O) groups is 1. The Morgan fingerprint density at radius 3 is 2.77 bits per heavy atom. The fourth-order valence-corrected chi connectivity index (χ4v) is 4.23. The summed E-state index contributed by atoms with van der Waals surface area (Å²) in [5.74, 6) is -0.693. The van der Waals surface area contributed by atoms with E-state index < -0.39 is 11.7 Å². The molecule has 1 fully saturated rings. The molecule has 0 aromatic carbocycles. The molecule has 2 atom stereocenters. The molecule has 0 saturated carbocycles. The summed E-state index contributed by atoms with van der Waals surface area (Å²) < 4.78 is 47.9. The van der Waals surface area contributed by atoms with Crippen molar-refractivity contribution in [3.05, 3.63) is 41.0 Å². The van der Waals surface area contributed by atoms with Crippen molar-refractivity contribution in [2.45, 2.75) is 52.3 Å². The average molecular weight is 435 g/mol. The molecule has 0 N–H and O–H groups in total. The smallest absolute Gasteiger partial charge is 0.342 e. The highest BCUT2D eigenvalue weighted by Crippen LogP contribution is 2.40. The van der Waals surface area contributed by atoms with Gasteiger partial charge in [0, 0.05) is 30.9 Å². The van der Waals surface area contributed by atoms with Gasteiger partial charge in [0.25, 0.3) is 5.71 Å². The summed E-state index contributed by atoms with van der Waals surface area (Å²) in [6, 6.07) is 2.89. The molecule has 3 aromatic rings. The van der Waals surface area contributed by atoms with E-state index in [0.29, 0.717) is 32.5 Å². The summed E-state index contributed by atoms with van der Waals surface area (Å²) in [6.45, 7) is 6.52. The van der Waals surface area contributed by atoms with Gasteiger partial charge in [-0.3, -0.25) is 9.48 Å². The van der Waals surface area contributed by atoms with E-state index in [1.54, 1.807) is 9.58 Å². The Morgan fingerprint density at radius 2 is 2.10 bits per heavy atom. The Labute approximate surface area is 177 Å². The molecule has 0 unspecified atom stereocenters. The van der Waals surface area contributed by atoms with Crippen molar-refractivity contribution in [1.82, 2.24) is 24.8 Å². The third kappa shape index (κ3) is 4.28. The van der Waals surface area contributed by atoms with Gasteiger partial charge in [0.15, 0.2) is 0 Å². The van der Waals surface area contributed by atoms with E-state index in [2.05, 4.69) is 15.2 Å². The number of halogens is 3. The zero-order chi connectivity index (χ0) is 22.3. The lowest BCUT2D eigenvalue weighted by molar-refractivity contribution is -0.137. The number of amides is 1. The summed E-state index contributed by atoms with van der Waals surface area (Å²) in [4.78, 5) is 18.8. The second-order valence-corrected chi connectivity index (χ2v) is 8.26. The number of nitrogens with zero attached hydrogens (tertiary/aromatic N) is 5. The van der Waals surface area contributed by atoms with Crippen molar-refractivity contribution >= 4 is 17.0 Å². The first kappa shape index (κ1) is 21.3. The van der Waals surface area contributed by atoms with Gasteiger partial charge in [-0.15, -0.1) is 0 Å². The molecule has 3 aromatic heterocycles. The van der Waals surface area contributed by atoms with E-state index in [1.165, 1.54) is 6.92 Å². The highest BCUT2D eigenvalue weighted by molar-refractivity contribution is 5.82. The Bertz CT molecular complexity index is 1100. The molecule has 0 radical (unpaired) electrons. The topological polar surface area (TPSA) is 77.0 Å². The fourth-order valence-electron chi connectivity index (χ4n) is 4.23. The van der Waals surface area contributed by atoms with Crippen LogP contribution >= 0.6 is 0 Å².